The van der Waals surface area contributed by atoms with Gasteiger partial charge in [0.15, 0.2) is 5.65 Å². The minimum atomic E-state index is 0.619. The number of benzene rings is 1. The number of nitrogens with zero attached hydrogens (tertiary/aromatic N) is 7. The second kappa shape index (κ2) is 6.31. The molecule has 0 saturated carbocycles. The summed E-state index contributed by atoms with van der Waals surface area (Å²) < 4.78 is 3.44. The number of tetrazole rings is 1. The van der Waals surface area contributed by atoms with Crippen molar-refractivity contribution in [2.75, 3.05) is 5.32 Å². The van der Waals surface area contributed by atoms with E-state index >= 15 is 0 Å². The molecule has 0 atom stereocenters. The number of hydrogen-bond acceptors (Lipinski definition) is 6. The van der Waals surface area contributed by atoms with E-state index in [4.69, 9.17) is 0 Å². The second-order valence-corrected chi connectivity index (χ2v) is 5.89. The third-order valence-corrected chi connectivity index (χ3v) is 4.22. The number of nitrogens with one attached hydrogen (secondary N) is 1. The highest BCUT2D eigenvalue weighted by Gasteiger charge is 2.12. The molecular weight excluding hydrogens is 316 g/mol. The van der Waals surface area contributed by atoms with Gasteiger partial charge >= 0.3 is 0 Å². The maximum Gasteiger partial charge on any atom is 0.200 e. The molecule has 0 spiro atoms. The average Bonchev–Trinajstić information content (AvgIpc) is 3.19. The van der Waals surface area contributed by atoms with Gasteiger partial charge in [-0.15, -0.1) is 14.8 Å². The van der Waals surface area contributed by atoms with Gasteiger partial charge in [0, 0.05) is 17.8 Å². The van der Waals surface area contributed by atoms with Crippen LogP contribution in [-0.4, -0.2) is 35.0 Å². The highest BCUT2D eigenvalue weighted by atomic mass is 15.6. The summed E-state index contributed by atoms with van der Waals surface area (Å²) in [4.78, 5) is 0. The molecule has 0 bridgehead atoms. The maximum absolute atomic E-state index is 4.68. The van der Waals surface area contributed by atoms with E-state index in [2.05, 4.69) is 50.1 Å². The van der Waals surface area contributed by atoms with Gasteiger partial charge in [-0.25, -0.2) is 0 Å². The normalized spacial score (nSPS) is 11.1. The first-order valence-electron chi connectivity index (χ1n) is 8.07. The van der Waals surface area contributed by atoms with Crippen LogP contribution in [0.2, 0.25) is 0 Å². The van der Waals surface area contributed by atoms with Crippen LogP contribution >= 0.6 is 0 Å². The molecule has 126 valence electrons. The van der Waals surface area contributed by atoms with Gasteiger partial charge in [0.2, 0.25) is 0 Å². The molecule has 0 aliphatic rings. The number of aryl methyl sites for hydroxylation is 1. The van der Waals surface area contributed by atoms with Gasteiger partial charge in [0.1, 0.15) is 5.82 Å². The van der Waals surface area contributed by atoms with Gasteiger partial charge < -0.3 is 5.32 Å². The van der Waals surface area contributed by atoms with Crippen LogP contribution in [0, 0.1) is 13.8 Å². The minimum Gasteiger partial charge on any atom is -0.364 e. The van der Waals surface area contributed by atoms with E-state index in [1.807, 2.05) is 41.9 Å². The Hall–Kier alpha value is -3.29. The van der Waals surface area contributed by atoms with Gasteiger partial charge in [-0.05, 0) is 42.0 Å². The highest BCUT2D eigenvalue weighted by molar-refractivity contribution is 5.43. The van der Waals surface area contributed by atoms with Crippen molar-refractivity contribution in [3.05, 3.63) is 65.0 Å². The molecular formula is C17H18N8. The lowest BCUT2D eigenvalue weighted by atomic mass is 10.2. The molecule has 0 aliphatic heterocycles. The molecule has 25 heavy (non-hydrogen) atoms. The molecule has 1 N–H and O–H groups in total. The van der Waals surface area contributed by atoms with E-state index in [-0.39, 0.29) is 0 Å². The van der Waals surface area contributed by atoms with E-state index in [0.29, 0.717) is 12.2 Å². The topological polar surface area (TPSA) is 85.8 Å². The van der Waals surface area contributed by atoms with Crippen LogP contribution in [0.25, 0.3) is 5.65 Å². The van der Waals surface area contributed by atoms with Crippen molar-refractivity contribution in [2.24, 2.45) is 0 Å². The first-order valence-corrected chi connectivity index (χ1v) is 8.07. The van der Waals surface area contributed by atoms with Crippen molar-refractivity contribution >= 4 is 11.5 Å². The Morgan fingerprint density at radius 2 is 1.84 bits per heavy atom. The molecule has 8 nitrogen and oxygen atoms in total. The largest absolute Gasteiger partial charge is 0.364 e. The average molecular weight is 334 g/mol. The Kier molecular flexibility index (Phi) is 3.85. The van der Waals surface area contributed by atoms with Gasteiger partial charge in [0.05, 0.1) is 12.2 Å². The molecule has 0 radical (unpaired) electrons. The van der Waals surface area contributed by atoms with Crippen molar-refractivity contribution in [3.63, 3.8) is 0 Å². The summed E-state index contributed by atoms with van der Waals surface area (Å²) in [6.45, 7) is 5.54. The Labute approximate surface area is 144 Å². The lowest BCUT2D eigenvalue weighted by Crippen LogP contribution is -2.07. The number of hydrogen-bond donors (Lipinski definition) is 1. The van der Waals surface area contributed by atoms with Crippen LogP contribution in [0.5, 0.6) is 0 Å². The van der Waals surface area contributed by atoms with E-state index in [9.17, 15) is 0 Å². The quantitative estimate of drug-likeness (QED) is 0.601. The van der Waals surface area contributed by atoms with Crippen molar-refractivity contribution in [3.8, 4) is 0 Å². The Morgan fingerprint density at radius 1 is 1.00 bits per heavy atom. The fraction of sp³-hybridized carbons (Fsp3) is 0.235. The lowest BCUT2D eigenvalue weighted by molar-refractivity contribution is 0.658. The first-order chi connectivity index (χ1) is 12.2. The molecule has 3 heterocycles. The molecule has 0 unspecified atom stereocenters. The summed E-state index contributed by atoms with van der Waals surface area (Å²) in [5, 5.41) is 23.6. The van der Waals surface area contributed by atoms with E-state index in [1.54, 1.807) is 0 Å². The van der Waals surface area contributed by atoms with Crippen molar-refractivity contribution in [1.29, 1.82) is 0 Å². The molecule has 8 heteroatoms. The minimum absolute atomic E-state index is 0.619. The highest BCUT2D eigenvalue weighted by Crippen LogP contribution is 2.16. The third kappa shape index (κ3) is 3.06. The summed E-state index contributed by atoms with van der Waals surface area (Å²) in [6, 6.07) is 14.0. The van der Waals surface area contributed by atoms with Crippen LogP contribution in [0.4, 0.5) is 5.82 Å². The summed E-state index contributed by atoms with van der Waals surface area (Å²) in [5.41, 5.74) is 5.20. The third-order valence-electron chi connectivity index (χ3n) is 4.22. The van der Waals surface area contributed by atoms with E-state index in [1.165, 1.54) is 15.8 Å². The predicted octanol–water partition coefficient (Wildman–Crippen LogP) is 1.99. The Morgan fingerprint density at radius 3 is 2.68 bits per heavy atom. The lowest BCUT2D eigenvalue weighted by Gasteiger charge is -2.07. The van der Waals surface area contributed by atoms with Crippen molar-refractivity contribution < 1.29 is 0 Å². The smallest absolute Gasteiger partial charge is 0.200 e. The molecule has 0 saturated heterocycles. The van der Waals surface area contributed by atoms with Crippen LogP contribution in [-0.2, 0) is 13.1 Å². The number of aromatic nitrogens is 7. The molecule has 4 rings (SSSR count). The maximum atomic E-state index is 4.68. The van der Waals surface area contributed by atoms with E-state index < -0.39 is 0 Å². The molecule has 4 aromatic rings. The van der Waals surface area contributed by atoms with Crippen LogP contribution in [0.1, 0.15) is 22.5 Å². The number of anilines is 1. The fourth-order valence-corrected chi connectivity index (χ4v) is 2.82. The molecule has 1 aromatic carbocycles. The molecule has 0 amide bonds. The Bertz CT molecular complexity index is 1000. The van der Waals surface area contributed by atoms with Crippen molar-refractivity contribution in [1.82, 2.24) is 35.0 Å². The molecule has 3 aromatic heterocycles. The van der Waals surface area contributed by atoms with E-state index in [0.717, 1.165) is 23.8 Å². The zero-order valence-corrected chi connectivity index (χ0v) is 14.1. The summed E-state index contributed by atoms with van der Waals surface area (Å²) in [7, 11) is 0. The summed E-state index contributed by atoms with van der Waals surface area (Å²) in [6.07, 6.45) is 0. The monoisotopic (exact) mass is 334 g/mol. The second-order valence-electron chi connectivity index (χ2n) is 5.89. The van der Waals surface area contributed by atoms with Gasteiger partial charge in [-0.3, -0.25) is 4.68 Å². The molecule has 0 fully saturated rings. The van der Waals surface area contributed by atoms with Gasteiger partial charge in [0.25, 0.3) is 0 Å². The van der Waals surface area contributed by atoms with Gasteiger partial charge in [-0.2, -0.15) is 5.10 Å². The zero-order valence-electron chi connectivity index (χ0n) is 14.1. The number of fused-ring (bicyclic) bond motifs is 1. The standard InChI is InChI=1S/C17H18N8/c1-12-15(10-18-16-8-9-17-19-22-23-25(17)21-16)13(2)24(20-12)11-14-6-4-3-5-7-14/h3-9H,10-11H2,1-2H3,(H,18,21). The Balaban J connectivity index is 1.52. The SMILES string of the molecule is Cc1nn(Cc2ccccc2)c(C)c1CNc1ccc2nnnn2n1. The van der Waals surface area contributed by atoms with Crippen LogP contribution in [0.15, 0.2) is 42.5 Å². The summed E-state index contributed by atoms with van der Waals surface area (Å²) in [5.74, 6) is 0.717. The first kappa shape index (κ1) is 15.3. The van der Waals surface area contributed by atoms with Crippen LogP contribution < -0.4 is 5.32 Å². The predicted molar refractivity (Wildman–Crippen MR) is 93.1 cm³/mol. The molecule has 0 aliphatic carbocycles. The summed E-state index contributed by atoms with van der Waals surface area (Å²) >= 11 is 0. The van der Waals surface area contributed by atoms with Gasteiger partial charge in [-0.1, -0.05) is 30.3 Å². The van der Waals surface area contributed by atoms with Crippen LogP contribution in [0.3, 0.4) is 0 Å². The zero-order chi connectivity index (χ0) is 17.2. The van der Waals surface area contributed by atoms with Crippen molar-refractivity contribution in [2.45, 2.75) is 26.9 Å². The number of rotatable bonds is 5. The fourth-order valence-electron chi connectivity index (χ4n) is 2.82.